The lowest BCUT2D eigenvalue weighted by molar-refractivity contribution is -0.138. The van der Waals surface area contributed by atoms with Crippen molar-refractivity contribution < 1.29 is 14.3 Å². The first-order valence-electron chi connectivity index (χ1n) is 5.20. The number of rotatable bonds is 3. The van der Waals surface area contributed by atoms with Crippen molar-refractivity contribution in [2.45, 2.75) is 12.5 Å². The predicted octanol–water partition coefficient (Wildman–Crippen LogP) is 2.09. The van der Waals surface area contributed by atoms with Crippen LogP contribution in [0.1, 0.15) is 5.56 Å². The summed E-state index contributed by atoms with van der Waals surface area (Å²) in [5, 5.41) is 9.37. The van der Waals surface area contributed by atoms with E-state index in [4.69, 9.17) is 10.8 Å². The number of carboxylic acids is 1. The summed E-state index contributed by atoms with van der Waals surface area (Å²) in [5.74, 6) is -1.55. The van der Waals surface area contributed by atoms with Crippen molar-refractivity contribution in [2.24, 2.45) is 5.73 Å². The number of pyridine rings is 1. The zero-order valence-electron chi connectivity index (χ0n) is 9.23. The summed E-state index contributed by atoms with van der Waals surface area (Å²) in [6.07, 6.45) is 1.25. The van der Waals surface area contributed by atoms with Crippen LogP contribution in [0, 0.1) is 5.82 Å². The summed E-state index contributed by atoms with van der Waals surface area (Å²) in [5.41, 5.74) is 6.74. The molecule has 1 heterocycles. The molecule has 0 amide bonds. The number of nitrogens with two attached hydrogens (primary N) is 1. The Balaban J connectivity index is 2.54. The minimum atomic E-state index is -1.09. The first kappa shape index (κ1) is 12.9. The molecule has 3 N–H and O–H groups in total. The van der Waals surface area contributed by atoms with Gasteiger partial charge in [-0.15, -0.1) is 0 Å². The quantitative estimate of drug-likeness (QED) is 0.910. The third-order valence-corrected chi connectivity index (χ3v) is 3.25. The average Bonchev–Trinajstić information content (AvgIpc) is 2.32. The summed E-state index contributed by atoms with van der Waals surface area (Å²) in [6, 6.07) is 3.78. The van der Waals surface area contributed by atoms with Crippen LogP contribution in [0.5, 0.6) is 0 Å². The van der Waals surface area contributed by atoms with Gasteiger partial charge in [0.25, 0.3) is 0 Å². The molecule has 0 radical (unpaired) electrons. The van der Waals surface area contributed by atoms with E-state index in [9.17, 15) is 9.18 Å². The molecule has 0 fully saturated rings. The number of aromatic nitrogens is 1. The first-order valence-corrected chi connectivity index (χ1v) is 5.99. The number of benzene rings is 1. The number of hydrogen-bond acceptors (Lipinski definition) is 3. The lowest BCUT2D eigenvalue weighted by atomic mass is 10.0. The molecule has 2 aromatic rings. The third kappa shape index (κ3) is 2.49. The van der Waals surface area contributed by atoms with Crippen LogP contribution in [0.2, 0.25) is 0 Å². The molecule has 1 aromatic carbocycles. The normalized spacial score (nSPS) is 12.6. The van der Waals surface area contributed by atoms with Crippen LogP contribution in [0.25, 0.3) is 10.9 Å². The number of carboxylic acid groups (broad SMARTS) is 1. The van der Waals surface area contributed by atoms with Gasteiger partial charge in [-0.25, -0.2) is 4.39 Å². The van der Waals surface area contributed by atoms with Crippen LogP contribution >= 0.6 is 15.9 Å². The van der Waals surface area contributed by atoms with Gasteiger partial charge in [0.05, 0.1) is 11.7 Å². The maximum absolute atomic E-state index is 13.2. The van der Waals surface area contributed by atoms with Crippen molar-refractivity contribution in [3.63, 3.8) is 0 Å². The molecule has 0 aliphatic heterocycles. The predicted molar refractivity (Wildman–Crippen MR) is 68.7 cm³/mol. The van der Waals surface area contributed by atoms with Gasteiger partial charge in [-0.1, -0.05) is 6.07 Å². The molecule has 0 bridgehead atoms. The minimum absolute atomic E-state index is 0.129. The van der Waals surface area contributed by atoms with Gasteiger partial charge in [0.2, 0.25) is 0 Å². The van der Waals surface area contributed by atoms with Crippen LogP contribution in [0.15, 0.2) is 28.9 Å². The highest BCUT2D eigenvalue weighted by atomic mass is 79.9. The lowest BCUT2D eigenvalue weighted by Gasteiger charge is -2.10. The van der Waals surface area contributed by atoms with E-state index < -0.39 is 17.8 Å². The van der Waals surface area contributed by atoms with E-state index in [1.54, 1.807) is 12.1 Å². The Kier molecular flexibility index (Phi) is 3.58. The van der Waals surface area contributed by atoms with E-state index in [0.717, 1.165) is 10.7 Å². The van der Waals surface area contributed by atoms with E-state index in [2.05, 4.69) is 20.9 Å². The highest BCUT2D eigenvalue weighted by molar-refractivity contribution is 9.10. The minimum Gasteiger partial charge on any atom is -0.480 e. The number of aliphatic carboxylic acids is 1. The molecule has 94 valence electrons. The summed E-state index contributed by atoms with van der Waals surface area (Å²) in [4.78, 5) is 14.7. The Labute approximate surface area is 111 Å². The Morgan fingerprint density at radius 2 is 2.28 bits per heavy atom. The Bertz CT molecular complexity index is 618. The molecule has 0 spiro atoms. The topological polar surface area (TPSA) is 76.2 Å². The number of halogens is 2. The van der Waals surface area contributed by atoms with Gasteiger partial charge in [-0.3, -0.25) is 9.78 Å². The molecule has 1 aromatic heterocycles. The molecule has 1 unspecified atom stereocenters. The molecule has 4 nitrogen and oxygen atoms in total. The van der Waals surface area contributed by atoms with E-state index in [0.29, 0.717) is 16.5 Å². The summed E-state index contributed by atoms with van der Waals surface area (Å²) in [6.45, 7) is 0. The van der Waals surface area contributed by atoms with Crippen LogP contribution in [0.3, 0.4) is 0 Å². The van der Waals surface area contributed by atoms with Crippen molar-refractivity contribution in [2.75, 3.05) is 0 Å². The van der Waals surface area contributed by atoms with Gasteiger partial charge in [0.15, 0.2) is 0 Å². The van der Waals surface area contributed by atoms with Gasteiger partial charge in [0.1, 0.15) is 11.9 Å². The number of fused-ring (bicyclic) bond motifs is 1. The highest BCUT2D eigenvalue weighted by Gasteiger charge is 2.15. The largest absolute Gasteiger partial charge is 0.480 e. The average molecular weight is 313 g/mol. The second kappa shape index (κ2) is 4.99. The fourth-order valence-electron chi connectivity index (χ4n) is 1.72. The Morgan fingerprint density at radius 1 is 1.56 bits per heavy atom. The fourth-order valence-corrected chi connectivity index (χ4v) is 2.17. The molecule has 2 rings (SSSR count). The lowest BCUT2D eigenvalue weighted by Crippen LogP contribution is -2.32. The summed E-state index contributed by atoms with van der Waals surface area (Å²) < 4.78 is 13.9. The van der Waals surface area contributed by atoms with Crippen LogP contribution in [0.4, 0.5) is 4.39 Å². The van der Waals surface area contributed by atoms with E-state index >= 15 is 0 Å². The van der Waals surface area contributed by atoms with Crippen molar-refractivity contribution in [1.29, 1.82) is 0 Å². The molecular formula is C12H10BrFN2O2. The second-order valence-corrected chi connectivity index (χ2v) is 4.76. The molecule has 0 saturated carbocycles. The van der Waals surface area contributed by atoms with E-state index in [1.165, 1.54) is 6.07 Å². The van der Waals surface area contributed by atoms with Crippen molar-refractivity contribution >= 4 is 32.8 Å². The van der Waals surface area contributed by atoms with E-state index in [1.807, 2.05) is 0 Å². The zero-order valence-corrected chi connectivity index (χ0v) is 10.8. The SMILES string of the molecule is NC(Cc1ccc(Br)c2ncc(F)cc12)C(=O)O. The van der Waals surface area contributed by atoms with Crippen LogP contribution in [-0.2, 0) is 11.2 Å². The standard InChI is InChI=1S/C12H10BrFN2O2/c13-9-2-1-6(3-10(15)12(17)18)8-4-7(14)5-16-11(8)9/h1-2,4-5,10H,3,15H2,(H,17,18). The third-order valence-electron chi connectivity index (χ3n) is 2.61. The maximum atomic E-state index is 13.2. The molecule has 0 aliphatic rings. The number of carbonyl (C=O) groups is 1. The van der Waals surface area contributed by atoms with Gasteiger partial charge >= 0.3 is 5.97 Å². The summed E-state index contributed by atoms with van der Waals surface area (Å²) in [7, 11) is 0. The second-order valence-electron chi connectivity index (χ2n) is 3.91. The molecule has 0 aliphatic carbocycles. The maximum Gasteiger partial charge on any atom is 0.320 e. The van der Waals surface area contributed by atoms with Gasteiger partial charge < -0.3 is 10.8 Å². The fraction of sp³-hybridized carbons (Fsp3) is 0.167. The van der Waals surface area contributed by atoms with Crippen LogP contribution < -0.4 is 5.73 Å². The van der Waals surface area contributed by atoms with Crippen LogP contribution in [-0.4, -0.2) is 22.1 Å². The van der Waals surface area contributed by atoms with Gasteiger partial charge in [-0.2, -0.15) is 0 Å². The van der Waals surface area contributed by atoms with Crippen molar-refractivity contribution in [3.8, 4) is 0 Å². The molecule has 1 atom stereocenters. The van der Waals surface area contributed by atoms with Gasteiger partial charge in [-0.05, 0) is 40.0 Å². The molecular weight excluding hydrogens is 303 g/mol. The molecule has 6 heteroatoms. The molecule has 0 saturated heterocycles. The Hall–Kier alpha value is -1.53. The number of nitrogens with zero attached hydrogens (tertiary/aromatic N) is 1. The smallest absolute Gasteiger partial charge is 0.320 e. The Morgan fingerprint density at radius 3 is 2.94 bits per heavy atom. The molecule has 18 heavy (non-hydrogen) atoms. The van der Waals surface area contributed by atoms with Crippen molar-refractivity contribution in [3.05, 3.63) is 40.2 Å². The highest BCUT2D eigenvalue weighted by Crippen LogP contribution is 2.26. The number of hydrogen-bond donors (Lipinski definition) is 2. The van der Waals surface area contributed by atoms with E-state index in [-0.39, 0.29) is 6.42 Å². The van der Waals surface area contributed by atoms with Gasteiger partial charge in [0, 0.05) is 9.86 Å². The van der Waals surface area contributed by atoms with Crippen molar-refractivity contribution in [1.82, 2.24) is 4.98 Å². The first-order chi connectivity index (χ1) is 8.49. The monoisotopic (exact) mass is 312 g/mol. The zero-order chi connectivity index (χ0) is 13.3. The summed E-state index contributed by atoms with van der Waals surface area (Å²) >= 11 is 3.32.